The second kappa shape index (κ2) is 5.49. The Morgan fingerprint density at radius 3 is 3.16 bits per heavy atom. The lowest BCUT2D eigenvalue weighted by molar-refractivity contribution is 0.387. The molecule has 3 rings (SSSR count). The summed E-state index contributed by atoms with van der Waals surface area (Å²) in [4.78, 5) is 5.35. The normalized spacial score (nSPS) is 11.0. The van der Waals surface area contributed by atoms with Crippen LogP contribution in [-0.4, -0.2) is 30.3 Å². The van der Waals surface area contributed by atoms with E-state index in [1.165, 1.54) is 16.6 Å². The third kappa shape index (κ3) is 2.99. The van der Waals surface area contributed by atoms with Gasteiger partial charge in [-0.1, -0.05) is 23.0 Å². The fraction of sp³-hybridized carbons (Fsp3) is 0.300. The topological polar surface area (TPSA) is 82.5 Å². The van der Waals surface area contributed by atoms with Crippen LogP contribution in [0.15, 0.2) is 27.2 Å². The van der Waals surface area contributed by atoms with Gasteiger partial charge in [0.05, 0.1) is 12.3 Å². The van der Waals surface area contributed by atoms with Crippen molar-refractivity contribution in [3.8, 4) is 0 Å². The van der Waals surface area contributed by atoms with E-state index in [-0.39, 0.29) is 0 Å². The molecule has 0 aliphatic heterocycles. The summed E-state index contributed by atoms with van der Waals surface area (Å²) in [6, 6.07) is 4.07. The monoisotopic (exact) mass is 294 g/mol. The van der Waals surface area contributed by atoms with Crippen molar-refractivity contribution >= 4 is 23.1 Å². The molecule has 0 spiro atoms. The maximum atomic E-state index is 5.05. The fourth-order valence-corrected chi connectivity index (χ4v) is 2.87. The highest BCUT2D eigenvalue weighted by Crippen LogP contribution is 2.20. The van der Waals surface area contributed by atoms with Crippen LogP contribution in [0.4, 0.5) is 0 Å². The lowest BCUT2D eigenvalue weighted by atomic mass is 10.5. The van der Waals surface area contributed by atoms with Gasteiger partial charge < -0.3 is 4.52 Å². The average Bonchev–Trinajstić information content (AvgIpc) is 3.10. The Bertz CT molecular complexity index is 647. The Kier molecular flexibility index (Phi) is 3.56. The maximum absolute atomic E-state index is 5.05. The molecular weight excluding hydrogens is 284 g/mol. The van der Waals surface area contributed by atoms with E-state index in [4.69, 9.17) is 4.52 Å². The summed E-state index contributed by atoms with van der Waals surface area (Å²) >= 11 is 3.16. The molecule has 0 N–H and O–H groups in total. The van der Waals surface area contributed by atoms with E-state index in [2.05, 4.69) is 31.7 Å². The van der Waals surface area contributed by atoms with E-state index >= 15 is 0 Å². The first-order chi connectivity index (χ1) is 9.31. The number of rotatable bonds is 5. The fourth-order valence-electron chi connectivity index (χ4n) is 1.47. The van der Waals surface area contributed by atoms with Crippen LogP contribution in [0.25, 0.3) is 0 Å². The predicted octanol–water partition coefficient (Wildman–Crippen LogP) is 1.77. The molecule has 3 aromatic rings. The highest BCUT2D eigenvalue weighted by Gasteiger charge is 2.10. The van der Waals surface area contributed by atoms with E-state index in [1.54, 1.807) is 22.9 Å². The molecule has 0 radical (unpaired) electrons. The van der Waals surface area contributed by atoms with Gasteiger partial charge >= 0.3 is 0 Å². The van der Waals surface area contributed by atoms with Gasteiger partial charge in [0.25, 0.3) is 0 Å². The zero-order chi connectivity index (χ0) is 13.1. The highest BCUT2D eigenvalue weighted by molar-refractivity contribution is 7.98. The van der Waals surface area contributed by atoms with Crippen LogP contribution in [0.3, 0.4) is 0 Å². The van der Waals surface area contributed by atoms with E-state index in [9.17, 15) is 0 Å². The van der Waals surface area contributed by atoms with Crippen LogP contribution in [0, 0.1) is 6.92 Å². The molecule has 19 heavy (non-hydrogen) atoms. The molecule has 0 saturated heterocycles. The van der Waals surface area contributed by atoms with E-state index in [0.717, 1.165) is 5.16 Å². The first-order valence-corrected chi connectivity index (χ1v) is 7.38. The molecule has 3 aromatic heterocycles. The molecule has 0 bridgehead atoms. The average molecular weight is 294 g/mol. The predicted molar refractivity (Wildman–Crippen MR) is 69.8 cm³/mol. The van der Waals surface area contributed by atoms with Crippen LogP contribution in [0.1, 0.15) is 16.6 Å². The summed E-state index contributed by atoms with van der Waals surface area (Å²) in [7, 11) is 0. The lowest BCUT2D eigenvalue weighted by Crippen LogP contribution is -2.02. The second-order valence-electron chi connectivity index (χ2n) is 3.72. The molecule has 0 atom stereocenters. The summed E-state index contributed by atoms with van der Waals surface area (Å²) in [5, 5.41) is 18.2. The van der Waals surface area contributed by atoms with Crippen molar-refractivity contribution in [3.63, 3.8) is 0 Å². The minimum absolute atomic E-state index is 0.561. The number of hydrogen-bond donors (Lipinski definition) is 0. The third-order valence-corrected chi connectivity index (χ3v) is 4.08. The van der Waals surface area contributed by atoms with Crippen LogP contribution in [-0.2, 0) is 12.3 Å². The Hall–Kier alpha value is -1.74. The largest absolute Gasteiger partial charge is 0.338 e. The van der Waals surface area contributed by atoms with Crippen LogP contribution in [0.5, 0.6) is 0 Å². The van der Waals surface area contributed by atoms with E-state index in [1.807, 2.05) is 11.4 Å². The minimum atomic E-state index is 0.561. The number of aryl methyl sites for hydroxylation is 1. The van der Waals surface area contributed by atoms with Crippen molar-refractivity contribution in [1.29, 1.82) is 0 Å². The zero-order valence-electron chi connectivity index (χ0n) is 10.1. The Morgan fingerprint density at radius 1 is 1.47 bits per heavy atom. The summed E-state index contributed by atoms with van der Waals surface area (Å²) in [5.74, 6) is 1.77. The number of tetrazole rings is 1. The molecule has 0 unspecified atom stereocenters. The van der Waals surface area contributed by atoms with Gasteiger partial charge in [-0.3, -0.25) is 0 Å². The second-order valence-corrected chi connectivity index (χ2v) is 5.70. The maximum Gasteiger partial charge on any atom is 0.237 e. The molecule has 0 amide bonds. The van der Waals surface area contributed by atoms with Gasteiger partial charge in [-0.2, -0.15) is 4.98 Å². The van der Waals surface area contributed by atoms with Gasteiger partial charge in [-0.25, -0.2) is 4.68 Å². The molecule has 7 nitrogen and oxygen atoms in total. The quantitative estimate of drug-likeness (QED) is 0.663. The molecule has 0 aliphatic rings. The minimum Gasteiger partial charge on any atom is -0.338 e. The van der Waals surface area contributed by atoms with Crippen LogP contribution in [0.2, 0.25) is 0 Å². The molecule has 0 saturated carbocycles. The van der Waals surface area contributed by atoms with Gasteiger partial charge in [0.2, 0.25) is 11.0 Å². The molecule has 0 fully saturated rings. The first kappa shape index (κ1) is 12.3. The zero-order valence-corrected chi connectivity index (χ0v) is 11.7. The van der Waals surface area contributed by atoms with Gasteiger partial charge in [-0.15, -0.1) is 16.4 Å². The van der Waals surface area contributed by atoms with Gasteiger partial charge in [0.1, 0.15) is 0 Å². The van der Waals surface area contributed by atoms with Gasteiger partial charge in [0, 0.05) is 4.88 Å². The molecule has 9 heteroatoms. The molecule has 98 valence electrons. The number of hydrogen-bond acceptors (Lipinski definition) is 8. The van der Waals surface area contributed by atoms with Gasteiger partial charge in [-0.05, 0) is 28.8 Å². The summed E-state index contributed by atoms with van der Waals surface area (Å²) in [6.45, 7) is 2.47. The Labute approximate surface area is 117 Å². The van der Waals surface area contributed by atoms with Crippen molar-refractivity contribution in [2.24, 2.45) is 0 Å². The van der Waals surface area contributed by atoms with Crippen molar-refractivity contribution in [2.75, 3.05) is 0 Å². The summed E-state index contributed by atoms with van der Waals surface area (Å²) in [5.41, 5.74) is 0. The lowest BCUT2D eigenvalue weighted by Gasteiger charge is -2.00. The summed E-state index contributed by atoms with van der Waals surface area (Å²) in [6.07, 6.45) is 0. The number of aromatic nitrogens is 6. The standard InChI is InChI=1S/C10H10N6OS2/c1-7-11-9(17-13-7)6-19-10-12-14-15-16(10)5-8-3-2-4-18-8/h2-4H,5-6H2,1H3. The van der Waals surface area contributed by atoms with E-state index < -0.39 is 0 Å². The SMILES string of the molecule is Cc1noc(CSc2nnnn2Cc2cccs2)n1. The smallest absolute Gasteiger partial charge is 0.237 e. The Morgan fingerprint density at radius 2 is 2.42 bits per heavy atom. The number of nitrogens with zero attached hydrogens (tertiary/aromatic N) is 6. The van der Waals surface area contributed by atoms with Crippen LogP contribution < -0.4 is 0 Å². The summed E-state index contributed by atoms with van der Waals surface area (Å²) < 4.78 is 6.81. The van der Waals surface area contributed by atoms with Crippen molar-refractivity contribution in [2.45, 2.75) is 24.4 Å². The Balaban J connectivity index is 1.66. The molecular formula is C10H10N6OS2. The third-order valence-electron chi connectivity index (χ3n) is 2.28. The number of thioether (sulfide) groups is 1. The van der Waals surface area contributed by atoms with Crippen LogP contribution >= 0.6 is 23.1 Å². The molecule has 3 heterocycles. The molecule has 0 aliphatic carbocycles. The molecule has 0 aromatic carbocycles. The van der Waals surface area contributed by atoms with Crippen molar-refractivity contribution < 1.29 is 4.52 Å². The van der Waals surface area contributed by atoms with Crippen molar-refractivity contribution in [1.82, 2.24) is 30.3 Å². The highest BCUT2D eigenvalue weighted by atomic mass is 32.2. The van der Waals surface area contributed by atoms with E-state index in [0.29, 0.717) is 24.0 Å². The van der Waals surface area contributed by atoms with Crippen molar-refractivity contribution in [3.05, 3.63) is 34.1 Å². The number of thiophene rings is 1. The van der Waals surface area contributed by atoms with Gasteiger partial charge in [0.15, 0.2) is 5.82 Å². The first-order valence-electron chi connectivity index (χ1n) is 5.52.